The van der Waals surface area contributed by atoms with Crippen LogP contribution in [-0.4, -0.2) is 9.97 Å². The lowest BCUT2D eigenvalue weighted by Crippen LogP contribution is -1.93. The van der Waals surface area contributed by atoms with Crippen molar-refractivity contribution >= 4 is 0 Å². The van der Waals surface area contributed by atoms with Gasteiger partial charge in [-0.1, -0.05) is 91.0 Å². The Labute approximate surface area is 176 Å². The fourth-order valence-electron chi connectivity index (χ4n) is 3.60. The third kappa shape index (κ3) is 3.76. The monoisotopic (exact) mass is 384 g/mol. The van der Waals surface area contributed by atoms with Gasteiger partial charge in [0.25, 0.3) is 0 Å². The molecule has 0 amide bonds. The zero-order valence-corrected chi connectivity index (χ0v) is 16.4. The minimum Gasteiger partial charge on any atom is -0.255 e. The first-order chi connectivity index (χ1) is 14.9. The summed E-state index contributed by atoms with van der Waals surface area (Å²) in [6, 6.07) is 39.5. The number of pyridine rings is 2. The van der Waals surface area contributed by atoms with Crippen LogP contribution in [0, 0.1) is 0 Å². The van der Waals surface area contributed by atoms with Crippen molar-refractivity contribution in [2.45, 2.75) is 0 Å². The molecular formula is C28H20N2. The summed E-state index contributed by atoms with van der Waals surface area (Å²) in [6.45, 7) is 0. The maximum Gasteiger partial charge on any atom is 0.0900 e. The van der Waals surface area contributed by atoms with Crippen LogP contribution in [0.25, 0.3) is 44.9 Å². The van der Waals surface area contributed by atoms with E-state index >= 15 is 0 Å². The Bertz CT molecular complexity index is 1210. The molecule has 0 atom stereocenters. The Morgan fingerprint density at radius 2 is 0.867 bits per heavy atom. The quantitative estimate of drug-likeness (QED) is 0.329. The third-order valence-corrected chi connectivity index (χ3v) is 5.13. The van der Waals surface area contributed by atoms with Crippen LogP contribution in [0.2, 0.25) is 0 Å². The molecule has 5 aromatic rings. The first kappa shape index (κ1) is 18.0. The van der Waals surface area contributed by atoms with Gasteiger partial charge in [-0.2, -0.15) is 0 Å². The number of hydrogen-bond donors (Lipinski definition) is 0. The van der Waals surface area contributed by atoms with E-state index in [1.807, 2.05) is 42.6 Å². The van der Waals surface area contributed by atoms with Crippen LogP contribution in [0.4, 0.5) is 0 Å². The molecule has 0 unspecified atom stereocenters. The lowest BCUT2D eigenvalue weighted by molar-refractivity contribution is 1.25. The molecule has 2 heterocycles. The second-order valence-electron chi connectivity index (χ2n) is 7.15. The third-order valence-electron chi connectivity index (χ3n) is 5.13. The van der Waals surface area contributed by atoms with Gasteiger partial charge in [0, 0.05) is 11.8 Å². The average Bonchev–Trinajstić information content (AvgIpc) is 2.85. The fourth-order valence-corrected chi connectivity index (χ4v) is 3.60. The van der Waals surface area contributed by atoms with Crippen molar-refractivity contribution in [1.82, 2.24) is 9.97 Å². The summed E-state index contributed by atoms with van der Waals surface area (Å²) < 4.78 is 0. The Hall–Kier alpha value is -4.04. The van der Waals surface area contributed by atoms with Crippen molar-refractivity contribution in [3.05, 3.63) is 121 Å². The highest BCUT2D eigenvalue weighted by Crippen LogP contribution is 2.30. The molecule has 2 heteroatoms. The molecule has 0 bridgehead atoms. The maximum absolute atomic E-state index is 4.97. The van der Waals surface area contributed by atoms with Gasteiger partial charge in [0.1, 0.15) is 0 Å². The van der Waals surface area contributed by atoms with E-state index in [4.69, 9.17) is 4.98 Å². The molecule has 0 aliphatic rings. The minimum atomic E-state index is 0.867. The lowest BCUT2D eigenvalue weighted by Gasteiger charge is -2.11. The van der Waals surface area contributed by atoms with E-state index in [2.05, 4.69) is 83.8 Å². The second kappa shape index (κ2) is 8.14. The molecule has 142 valence electrons. The smallest absolute Gasteiger partial charge is 0.0900 e. The van der Waals surface area contributed by atoms with Gasteiger partial charge in [-0.15, -0.1) is 0 Å². The zero-order chi connectivity index (χ0) is 20.2. The summed E-state index contributed by atoms with van der Waals surface area (Å²) in [6.07, 6.45) is 1.86. The molecule has 3 aromatic carbocycles. The van der Waals surface area contributed by atoms with E-state index < -0.39 is 0 Å². The number of nitrogens with zero attached hydrogens (tertiary/aromatic N) is 2. The van der Waals surface area contributed by atoms with Crippen molar-refractivity contribution in [2.75, 3.05) is 0 Å². The molecule has 30 heavy (non-hydrogen) atoms. The first-order valence-electron chi connectivity index (χ1n) is 10.0. The second-order valence-corrected chi connectivity index (χ2v) is 7.15. The topological polar surface area (TPSA) is 25.8 Å². The van der Waals surface area contributed by atoms with Crippen molar-refractivity contribution in [3.63, 3.8) is 0 Å². The van der Waals surface area contributed by atoms with Crippen molar-refractivity contribution in [2.24, 2.45) is 0 Å². The van der Waals surface area contributed by atoms with Gasteiger partial charge in [-0.3, -0.25) is 4.98 Å². The van der Waals surface area contributed by atoms with Gasteiger partial charge in [0.15, 0.2) is 0 Å². The minimum absolute atomic E-state index is 0.867. The number of aromatic nitrogens is 2. The van der Waals surface area contributed by atoms with Crippen molar-refractivity contribution < 1.29 is 0 Å². The molecule has 0 N–H and O–H groups in total. The number of benzene rings is 3. The summed E-state index contributed by atoms with van der Waals surface area (Å²) in [7, 11) is 0. The van der Waals surface area contributed by atoms with Gasteiger partial charge in [-0.05, 0) is 46.5 Å². The number of rotatable bonds is 4. The largest absolute Gasteiger partial charge is 0.255 e. The predicted octanol–water partition coefficient (Wildman–Crippen LogP) is 7.14. The molecule has 0 aliphatic heterocycles. The summed E-state index contributed by atoms with van der Waals surface area (Å²) in [5.74, 6) is 0. The molecule has 0 fully saturated rings. The van der Waals surface area contributed by atoms with E-state index in [-0.39, 0.29) is 0 Å². The van der Waals surface area contributed by atoms with Crippen LogP contribution in [0.15, 0.2) is 121 Å². The van der Waals surface area contributed by atoms with Crippen molar-refractivity contribution in [1.29, 1.82) is 0 Å². The van der Waals surface area contributed by atoms with Gasteiger partial charge < -0.3 is 0 Å². The Balaban J connectivity index is 1.67. The average molecular weight is 384 g/mol. The van der Waals surface area contributed by atoms with E-state index in [0.29, 0.717) is 0 Å². The molecule has 0 spiro atoms. The van der Waals surface area contributed by atoms with Gasteiger partial charge >= 0.3 is 0 Å². The Morgan fingerprint density at radius 1 is 0.367 bits per heavy atom. The zero-order valence-electron chi connectivity index (χ0n) is 16.4. The highest BCUT2D eigenvalue weighted by Gasteiger charge is 2.10. The highest BCUT2D eigenvalue weighted by atomic mass is 14.8. The number of hydrogen-bond acceptors (Lipinski definition) is 2. The van der Waals surface area contributed by atoms with Crippen LogP contribution in [0.5, 0.6) is 0 Å². The molecule has 2 nitrogen and oxygen atoms in total. The van der Waals surface area contributed by atoms with Gasteiger partial charge in [0.05, 0.1) is 17.1 Å². The SMILES string of the molecule is c1ccc(-c2ccnc(-c3cc(-c4ccccc4)cc(-c4ccccc4)n3)c2)cc1. The highest BCUT2D eigenvalue weighted by molar-refractivity contribution is 5.77. The Kier molecular flexibility index (Phi) is 4.89. The predicted molar refractivity (Wildman–Crippen MR) is 124 cm³/mol. The van der Waals surface area contributed by atoms with Gasteiger partial charge in [-0.25, -0.2) is 4.98 Å². The first-order valence-corrected chi connectivity index (χ1v) is 10.0. The maximum atomic E-state index is 4.97. The summed E-state index contributed by atoms with van der Waals surface area (Å²) in [5.41, 5.74) is 8.37. The fraction of sp³-hybridized carbons (Fsp3) is 0. The van der Waals surface area contributed by atoms with E-state index in [9.17, 15) is 0 Å². The van der Waals surface area contributed by atoms with Crippen LogP contribution >= 0.6 is 0 Å². The Morgan fingerprint density at radius 3 is 1.50 bits per heavy atom. The summed E-state index contributed by atoms with van der Waals surface area (Å²) in [5, 5.41) is 0. The van der Waals surface area contributed by atoms with Crippen LogP contribution in [-0.2, 0) is 0 Å². The van der Waals surface area contributed by atoms with E-state index in [0.717, 1.165) is 39.3 Å². The van der Waals surface area contributed by atoms with Crippen LogP contribution in [0.3, 0.4) is 0 Å². The van der Waals surface area contributed by atoms with Crippen LogP contribution < -0.4 is 0 Å². The van der Waals surface area contributed by atoms with Crippen LogP contribution in [0.1, 0.15) is 0 Å². The molecule has 0 radical (unpaired) electrons. The molecule has 0 saturated carbocycles. The molecular weight excluding hydrogens is 364 g/mol. The summed E-state index contributed by atoms with van der Waals surface area (Å²) >= 11 is 0. The van der Waals surface area contributed by atoms with Gasteiger partial charge in [0.2, 0.25) is 0 Å². The van der Waals surface area contributed by atoms with E-state index in [1.165, 1.54) is 5.56 Å². The van der Waals surface area contributed by atoms with E-state index in [1.54, 1.807) is 0 Å². The normalized spacial score (nSPS) is 10.7. The summed E-state index contributed by atoms with van der Waals surface area (Å²) in [4.78, 5) is 9.61. The molecule has 0 saturated heterocycles. The molecule has 2 aromatic heterocycles. The van der Waals surface area contributed by atoms with Crippen molar-refractivity contribution in [3.8, 4) is 44.9 Å². The standard InChI is InChI=1S/C28H20N2/c1-4-10-21(11-5-1)24-16-17-29-27(18-24)28-20-25(22-12-6-2-7-13-22)19-26(30-28)23-14-8-3-9-15-23/h1-20H. The molecule has 0 aliphatic carbocycles. The molecule has 5 rings (SSSR count). The lowest BCUT2D eigenvalue weighted by atomic mass is 10.0.